The van der Waals surface area contributed by atoms with E-state index >= 15 is 0 Å². The van der Waals surface area contributed by atoms with Gasteiger partial charge in [-0.3, -0.25) is 0 Å². The first-order valence-corrected chi connectivity index (χ1v) is 8.56. The van der Waals surface area contributed by atoms with E-state index in [-0.39, 0.29) is 0 Å². The summed E-state index contributed by atoms with van der Waals surface area (Å²) >= 11 is 0. The van der Waals surface area contributed by atoms with Gasteiger partial charge < -0.3 is 4.90 Å². The van der Waals surface area contributed by atoms with Gasteiger partial charge in [-0.25, -0.2) is 0 Å². The van der Waals surface area contributed by atoms with E-state index in [1.807, 2.05) is 13.8 Å². The maximum atomic E-state index is 2.45. The van der Waals surface area contributed by atoms with Crippen molar-refractivity contribution < 1.29 is 0 Å². The van der Waals surface area contributed by atoms with Crippen molar-refractivity contribution in [1.82, 2.24) is 0 Å². The molecule has 1 aromatic carbocycles. The molecule has 0 fully saturated rings. The lowest BCUT2D eigenvalue weighted by Crippen LogP contribution is -2.34. The van der Waals surface area contributed by atoms with Gasteiger partial charge in [0.1, 0.15) is 0 Å². The van der Waals surface area contributed by atoms with E-state index in [9.17, 15) is 0 Å². The maximum absolute atomic E-state index is 2.45. The second-order valence-electron chi connectivity index (χ2n) is 7.47. The first kappa shape index (κ1) is 18.1. The molecule has 0 atom stereocenters. The summed E-state index contributed by atoms with van der Waals surface area (Å²) in [5.41, 5.74) is 6.56. The van der Waals surface area contributed by atoms with Crippen molar-refractivity contribution in [3.05, 3.63) is 28.8 Å². The van der Waals surface area contributed by atoms with Gasteiger partial charge >= 0.3 is 0 Å². The lowest BCUT2D eigenvalue weighted by molar-refractivity contribution is 0.332. The Labute approximate surface area is 132 Å². The molecule has 0 aromatic heterocycles. The summed E-state index contributed by atoms with van der Waals surface area (Å²) in [5.74, 6) is 0. The lowest BCUT2D eigenvalue weighted by atomic mass is 9.63. The predicted octanol–water partition coefficient (Wildman–Crippen LogP) is 5.83. The van der Waals surface area contributed by atoms with Crippen molar-refractivity contribution in [3.63, 3.8) is 0 Å². The zero-order chi connectivity index (χ0) is 16.4. The smallest absolute Gasteiger partial charge is 0.0396 e. The topological polar surface area (TPSA) is 3.24 Å². The third kappa shape index (κ3) is 3.44. The summed E-state index contributed by atoms with van der Waals surface area (Å²) < 4.78 is 0. The van der Waals surface area contributed by atoms with Gasteiger partial charge in [-0.15, -0.1) is 0 Å². The number of hydrogen-bond donors (Lipinski definition) is 0. The SMILES string of the molecule is CC.CCN(C)c1cc2c(cc1C)C(C)(C)CCC2(C)C. The standard InChI is InChI=1S/C18H29N.C2H6/c1-8-19(7)16-12-15-14(11-13(16)2)17(3,4)9-10-18(15,5)6;1-2/h11-12H,8-10H2,1-7H3;1-2H3. The minimum Gasteiger partial charge on any atom is -0.375 e. The van der Waals surface area contributed by atoms with Gasteiger partial charge in [0.05, 0.1) is 0 Å². The van der Waals surface area contributed by atoms with E-state index in [1.165, 1.54) is 24.1 Å². The van der Waals surface area contributed by atoms with E-state index < -0.39 is 0 Å². The van der Waals surface area contributed by atoms with Gasteiger partial charge in [-0.05, 0) is 60.3 Å². The number of hydrogen-bond acceptors (Lipinski definition) is 1. The van der Waals surface area contributed by atoms with E-state index in [0.29, 0.717) is 10.8 Å². The minimum atomic E-state index is 0.307. The average molecular weight is 290 g/mol. The Kier molecular flexibility index (Phi) is 5.52. The molecule has 1 aliphatic carbocycles. The van der Waals surface area contributed by atoms with Crippen molar-refractivity contribution in [2.24, 2.45) is 0 Å². The van der Waals surface area contributed by atoms with Gasteiger partial charge in [0.2, 0.25) is 0 Å². The Morgan fingerprint density at radius 1 is 0.952 bits per heavy atom. The highest BCUT2D eigenvalue weighted by Gasteiger charge is 2.37. The van der Waals surface area contributed by atoms with E-state index in [1.54, 1.807) is 11.1 Å². The molecule has 1 aliphatic rings. The number of aryl methyl sites for hydroxylation is 1. The minimum absolute atomic E-state index is 0.307. The summed E-state index contributed by atoms with van der Waals surface area (Å²) in [4.78, 5) is 2.35. The van der Waals surface area contributed by atoms with Crippen LogP contribution in [0.15, 0.2) is 12.1 Å². The molecule has 1 nitrogen and oxygen atoms in total. The van der Waals surface area contributed by atoms with Crippen LogP contribution in [0.4, 0.5) is 5.69 Å². The second-order valence-corrected chi connectivity index (χ2v) is 7.47. The fourth-order valence-electron chi connectivity index (χ4n) is 3.29. The molecular weight excluding hydrogens is 254 g/mol. The lowest BCUT2D eigenvalue weighted by Gasteiger charge is -2.42. The van der Waals surface area contributed by atoms with Crippen molar-refractivity contribution in [1.29, 1.82) is 0 Å². The zero-order valence-corrected chi connectivity index (χ0v) is 15.7. The van der Waals surface area contributed by atoms with Gasteiger partial charge in [-0.1, -0.05) is 47.6 Å². The highest BCUT2D eigenvalue weighted by molar-refractivity contribution is 5.60. The number of fused-ring (bicyclic) bond motifs is 1. The first-order valence-electron chi connectivity index (χ1n) is 8.56. The highest BCUT2D eigenvalue weighted by atomic mass is 15.1. The molecule has 0 saturated heterocycles. The summed E-state index contributed by atoms with van der Waals surface area (Å²) in [5, 5.41) is 0. The normalized spacial score (nSPS) is 18.3. The van der Waals surface area contributed by atoms with Gasteiger partial charge in [0, 0.05) is 19.3 Å². The monoisotopic (exact) mass is 289 g/mol. The Morgan fingerprint density at radius 3 is 1.81 bits per heavy atom. The van der Waals surface area contributed by atoms with E-state index in [0.717, 1.165) is 6.54 Å². The summed E-state index contributed by atoms with van der Waals surface area (Å²) in [7, 11) is 2.19. The molecule has 0 saturated carbocycles. The Balaban J connectivity index is 0.00000106. The van der Waals surface area contributed by atoms with Crippen molar-refractivity contribution >= 4 is 5.69 Å². The molecule has 21 heavy (non-hydrogen) atoms. The van der Waals surface area contributed by atoms with Gasteiger partial charge in [0.15, 0.2) is 0 Å². The molecule has 0 amide bonds. The Hall–Kier alpha value is -0.980. The number of anilines is 1. The van der Waals surface area contributed by atoms with Crippen LogP contribution in [0.2, 0.25) is 0 Å². The van der Waals surface area contributed by atoms with Crippen LogP contribution in [-0.4, -0.2) is 13.6 Å². The van der Waals surface area contributed by atoms with Gasteiger partial charge in [-0.2, -0.15) is 0 Å². The first-order chi connectivity index (χ1) is 9.69. The molecular formula is C20H35N. The maximum Gasteiger partial charge on any atom is 0.0396 e. The van der Waals surface area contributed by atoms with Crippen molar-refractivity contribution in [2.75, 3.05) is 18.5 Å². The van der Waals surface area contributed by atoms with Crippen LogP contribution < -0.4 is 4.90 Å². The van der Waals surface area contributed by atoms with Crippen LogP contribution in [0.25, 0.3) is 0 Å². The third-order valence-electron chi connectivity index (χ3n) is 5.05. The molecule has 2 rings (SSSR count). The van der Waals surface area contributed by atoms with Crippen LogP contribution in [0.5, 0.6) is 0 Å². The quantitative estimate of drug-likeness (QED) is 0.662. The fraction of sp³-hybridized carbons (Fsp3) is 0.700. The van der Waals surface area contributed by atoms with Crippen LogP contribution in [0, 0.1) is 6.92 Å². The van der Waals surface area contributed by atoms with Crippen molar-refractivity contribution in [2.45, 2.75) is 79.1 Å². The summed E-state index contributed by atoms with van der Waals surface area (Å²) in [6.45, 7) is 19.1. The molecule has 0 N–H and O–H groups in total. The Morgan fingerprint density at radius 2 is 1.38 bits per heavy atom. The molecule has 1 aromatic rings. The third-order valence-corrected chi connectivity index (χ3v) is 5.05. The molecule has 0 heterocycles. The van der Waals surface area contributed by atoms with Gasteiger partial charge in [0.25, 0.3) is 0 Å². The molecule has 0 spiro atoms. The fourth-order valence-corrected chi connectivity index (χ4v) is 3.29. The average Bonchev–Trinajstić information content (AvgIpc) is 2.45. The second kappa shape index (κ2) is 6.42. The van der Waals surface area contributed by atoms with Crippen LogP contribution in [0.1, 0.15) is 78.0 Å². The zero-order valence-electron chi connectivity index (χ0n) is 15.7. The molecule has 0 aliphatic heterocycles. The number of benzene rings is 1. The Bertz CT molecular complexity index is 483. The summed E-state index contributed by atoms with van der Waals surface area (Å²) in [6.07, 6.45) is 2.57. The molecule has 0 bridgehead atoms. The molecule has 120 valence electrons. The number of rotatable bonds is 2. The highest BCUT2D eigenvalue weighted by Crippen LogP contribution is 2.47. The molecule has 0 unspecified atom stereocenters. The van der Waals surface area contributed by atoms with Crippen molar-refractivity contribution in [3.8, 4) is 0 Å². The number of nitrogens with zero attached hydrogens (tertiary/aromatic N) is 1. The summed E-state index contributed by atoms with van der Waals surface area (Å²) in [6, 6.07) is 4.90. The van der Waals surface area contributed by atoms with Crippen LogP contribution in [0.3, 0.4) is 0 Å². The van der Waals surface area contributed by atoms with Crippen LogP contribution in [-0.2, 0) is 10.8 Å². The largest absolute Gasteiger partial charge is 0.375 e. The predicted molar refractivity (Wildman–Crippen MR) is 96.8 cm³/mol. The molecule has 1 heteroatoms. The van der Waals surface area contributed by atoms with E-state index in [2.05, 4.69) is 65.6 Å². The molecule has 0 radical (unpaired) electrons. The van der Waals surface area contributed by atoms with Crippen LogP contribution >= 0.6 is 0 Å². The van der Waals surface area contributed by atoms with E-state index in [4.69, 9.17) is 0 Å².